The molecule has 2 aromatic rings. The molecule has 0 bridgehead atoms. The number of imide groups is 1. The number of Topliss-reactive ketones (excluding diaryl/α,β-unsaturated/α-hetero) is 1. The van der Waals surface area contributed by atoms with Crippen LogP contribution in [0.25, 0.3) is 0 Å². The second-order valence-corrected chi connectivity index (χ2v) is 8.26. The molecule has 0 spiro atoms. The molecule has 7 heteroatoms. The number of rotatable bonds is 7. The second-order valence-electron chi connectivity index (χ2n) is 8.26. The van der Waals surface area contributed by atoms with Crippen molar-refractivity contribution in [1.29, 1.82) is 0 Å². The maximum Gasteiger partial charge on any atom is 0.325 e. The largest absolute Gasteiger partial charge is 0.325 e. The number of carbonyl (C=O) groups is 4. The quantitative estimate of drug-likeness (QED) is 0.552. The molecule has 2 saturated heterocycles. The van der Waals surface area contributed by atoms with Gasteiger partial charge in [-0.05, 0) is 56.0 Å². The third-order valence-electron chi connectivity index (χ3n) is 5.98. The SMILES string of the molecule is CC1(CCc2ccccc2)NC(=O)N(CC(=O)c2ccc(N3CCCC3=O)cc2)C1=O. The first-order valence-electron chi connectivity index (χ1n) is 10.5. The number of benzene rings is 2. The molecule has 2 aromatic carbocycles. The highest BCUT2D eigenvalue weighted by atomic mass is 16.2. The molecule has 4 rings (SSSR count). The van der Waals surface area contributed by atoms with E-state index in [2.05, 4.69) is 5.32 Å². The van der Waals surface area contributed by atoms with Gasteiger partial charge in [-0.25, -0.2) is 4.79 Å². The van der Waals surface area contributed by atoms with Crippen LogP contribution in [0.1, 0.15) is 42.1 Å². The first-order valence-corrected chi connectivity index (χ1v) is 10.5. The summed E-state index contributed by atoms with van der Waals surface area (Å²) in [7, 11) is 0. The van der Waals surface area contributed by atoms with E-state index in [1.54, 1.807) is 36.1 Å². The third kappa shape index (κ3) is 4.21. The van der Waals surface area contributed by atoms with Gasteiger partial charge in [0.1, 0.15) is 5.54 Å². The van der Waals surface area contributed by atoms with E-state index in [9.17, 15) is 19.2 Å². The minimum atomic E-state index is -1.03. The van der Waals surface area contributed by atoms with Crippen molar-refractivity contribution in [2.45, 2.75) is 38.1 Å². The monoisotopic (exact) mass is 419 g/mol. The molecule has 0 radical (unpaired) electrons. The van der Waals surface area contributed by atoms with Gasteiger partial charge in [-0.1, -0.05) is 30.3 Å². The van der Waals surface area contributed by atoms with Gasteiger partial charge in [0, 0.05) is 24.2 Å². The van der Waals surface area contributed by atoms with E-state index in [-0.39, 0.29) is 24.1 Å². The van der Waals surface area contributed by atoms with Crippen LogP contribution in [0.5, 0.6) is 0 Å². The van der Waals surface area contributed by atoms with Crippen molar-refractivity contribution in [2.75, 3.05) is 18.0 Å². The molecular weight excluding hydrogens is 394 g/mol. The second kappa shape index (κ2) is 8.34. The molecule has 1 N–H and O–H groups in total. The fraction of sp³-hybridized carbons (Fsp3) is 0.333. The van der Waals surface area contributed by atoms with Gasteiger partial charge in [-0.15, -0.1) is 0 Å². The summed E-state index contributed by atoms with van der Waals surface area (Å²) >= 11 is 0. The van der Waals surface area contributed by atoms with Gasteiger partial charge in [0.05, 0.1) is 6.54 Å². The summed E-state index contributed by atoms with van der Waals surface area (Å²) in [4.78, 5) is 52.7. The van der Waals surface area contributed by atoms with E-state index in [0.717, 1.165) is 22.6 Å². The average molecular weight is 419 g/mol. The van der Waals surface area contributed by atoms with Crippen LogP contribution >= 0.6 is 0 Å². The van der Waals surface area contributed by atoms with E-state index in [1.807, 2.05) is 30.3 Å². The van der Waals surface area contributed by atoms with Crippen molar-refractivity contribution in [3.05, 3.63) is 65.7 Å². The van der Waals surface area contributed by atoms with Crippen molar-refractivity contribution in [1.82, 2.24) is 10.2 Å². The number of hydrogen-bond acceptors (Lipinski definition) is 4. The van der Waals surface area contributed by atoms with Gasteiger partial charge < -0.3 is 10.2 Å². The Morgan fingerprint density at radius 1 is 1.03 bits per heavy atom. The minimum absolute atomic E-state index is 0.0770. The Kier molecular flexibility index (Phi) is 5.59. The average Bonchev–Trinajstić information content (AvgIpc) is 3.30. The first kappa shape index (κ1) is 20.8. The number of nitrogens with one attached hydrogen (secondary N) is 1. The van der Waals surface area contributed by atoms with E-state index < -0.39 is 11.6 Å². The van der Waals surface area contributed by atoms with Crippen LogP contribution < -0.4 is 10.2 Å². The lowest BCUT2D eigenvalue weighted by atomic mass is 9.93. The standard InChI is InChI=1S/C24H25N3O4/c1-24(14-13-17-6-3-2-4-7-17)22(30)27(23(31)25-24)16-20(28)18-9-11-19(12-10-18)26-15-5-8-21(26)29/h2-4,6-7,9-12H,5,8,13-16H2,1H3,(H,25,31). The Balaban J connectivity index is 1.40. The van der Waals surface area contributed by atoms with Crippen LogP contribution in [-0.4, -0.2) is 47.2 Å². The zero-order chi connectivity index (χ0) is 22.0. The highest BCUT2D eigenvalue weighted by Crippen LogP contribution is 2.25. The Bertz CT molecular complexity index is 1020. The number of urea groups is 1. The molecule has 0 aliphatic carbocycles. The van der Waals surface area contributed by atoms with Gasteiger partial charge in [0.25, 0.3) is 5.91 Å². The smallest absolute Gasteiger partial charge is 0.323 e. The molecule has 31 heavy (non-hydrogen) atoms. The number of amides is 4. The molecule has 0 aromatic heterocycles. The molecule has 7 nitrogen and oxygen atoms in total. The Hall–Kier alpha value is -3.48. The predicted molar refractivity (Wildman–Crippen MR) is 116 cm³/mol. The lowest BCUT2D eigenvalue weighted by Crippen LogP contribution is -2.44. The zero-order valence-corrected chi connectivity index (χ0v) is 17.5. The minimum Gasteiger partial charge on any atom is -0.323 e. The summed E-state index contributed by atoms with van der Waals surface area (Å²) in [6, 6.07) is 15.9. The lowest BCUT2D eigenvalue weighted by molar-refractivity contribution is -0.130. The van der Waals surface area contributed by atoms with Crippen LogP contribution in [0.4, 0.5) is 10.5 Å². The normalized spacial score (nSPS) is 21.0. The highest BCUT2D eigenvalue weighted by Gasteiger charge is 2.47. The van der Waals surface area contributed by atoms with Crippen molar-refractivity contribution in [3.63, 3.8) is 0 Å². The molecule has 0 saturated carbocycles. The summed E-state index contributed by atoms with van der Waals surface area (Å²) in [5.41, 5.74) is 1.20. The summed E-state index contributed by atoms with van der Waals surface area (Å²) in [6.07, 6.45) is 2.46. The molecular formula is C24H25N3O4. The van der Waals surface area contributed by atoms with E-state index >= 15 is 0 Å². The zero-order valence-electron chi connectivity index (χ0n) is 17.5. The fourth-order valence-corrected chi connectivity index (χ4v) is 4.08. The summed E-state index contributed by atoms with van der Waals surface area (Å²) in [5, 5.41) is 2.75. The molecule has 1 atom stereocenters. The van der Waals surface area contributed by atoms with Crippen molar-refractivity contribution < 1.29 is 19.2 Å². The van der Waals surface area contributed by atoms with Gasteiger partial charge in [0.15, 0.2) is 5.78 Å². The van der Waals surface area contributed by atoms with Crippen LogP contribution in [-0.2, 0) is 16.0 Å². The summed E-state index contributed by atoms with van der Waals surface area (Å²) < 4.78 is 0. The Labute approximate surface area is 181 Å². The van der Waals surface area contributed by atoms with E-state index in [1.165, 1.54) is 0 Å². The maximum absolute atomic E-state index is 12.9. The van der Waals surface area contributed by atoms with Gasteiger partial charge in [-0.3, -0.25) is 19.3 Å². The fourth-order valence-electron chi connectivity index (χ4n) is 4.08. The number of nitrogens with zero attached hydrogens (tertiary/aromatic N) is 2. The number of carbonyl (C=O) groups excluding carboxylic acids is 4. The number of anilines is 1. The van der Waals surface area contributed by atoms with Gasteiger partial charge >= 0.3 is 6.03 Å². The van der Waals surface area contributed by atoms with Crippen LogP contribution in [0.15, 0.2) is 54.6 Å². The lowest BCUT2D eigenvalue weighted by Gasteiger charge is -2.21. The van der Waals surface area contributed by atoms with Crippen molar-refractivity contribution in [3.8, 4) is 0 Å². The summed E-state index contributed by atoms with van der Waals surface area (Å²) in [5.74, 6) is -0.635. The first-order chi connectivity index (χ1) is 14.9. The maximum atomic E-state index is 12.9. The van der Waals surface area contributed by atoms with Crippen LogP contribution in [0.3, 0.4) is 0 Å². The molecule has 1 unspecified atom stereocenters. The molecule has 2 aliphatic rings. The Morgan fingerprint density at radius 2 is 1.74 bits per heavy atom. The Morgan fingerprint density at radius 3 is 2.39 bits per heavy atom. The number of ketones is 1. The molecule has 2 aliphatic heterocycles. The molecule has 2 heterocycles. The summed E-state index contributed by atoms with van der Waals surface area (Å²) in [6.45, 7) is 2.06. The molecule has 2 fully saturated rings. The highest BCUT2D eigenvalue weighted by molar-refractivity contribution is 6.11. The topological polar surface area (TPSA) is 86.8 Å². The predicted octanol–water partition coefficient (Wildman–Crippen LogP) is 2.94. The third-order valence-corrected chi connectivity index (χ3v) is 5.98. The van der Waals surface area contributed by atoms with Crippen LogP contribution in [0, 0.1) is 0 Å². The van der Waals surface area contributed by atoms with Gasteiger partial charge in [0.2, 0.25) is 5.91 Å². The van der Waals surface area contributed by atoms with Crippen molar-refractivity contribution >= 4 is 29.3 Å². The van der Waals surface area contributed by atoms with Crippen molar-refractivity contribution in [2.24, 2.45) is 0 Å². The number of hydrogen-bond donors (Lipinski definition) is 1. The van der Waals surface area contributed by atoms with E-state index in [0.29, 0.717) is 31.4 Å². The molecule has 160 valence electrons. The van der Waals surface area contributed by atoms with Gasteiger partial charge in [-0.2, -0.15) is 0 Å². The van der Waals surface area contributed by atoms with E-state index in [4.69, 9.17) is 0 Å². The van der Waals surface area contributed by atoms with Crippen LogP contribution in [0.2, 0.25) is 0 Å². The number of aryl methyl sites for hydroxylation is 1. The molecule has 4 amide bonds.